The number of hydrogen-bond donors (Lipinski definition) is 1. The summed E-state index contributed by atoms with van der Waals surface area (Å²) in [5.74, 6) is 0.966. The molecule has 182 valence electrons. The van der Waals surface area contributed by atoms with Crippen LogP contribution < -0.4 is 10.1 Å². The summed E-state index contributed by atoms with van der Waals surface area (Å²) in [5, 5.41) is 3.22. The second-order valence-corrected chi connectivity index (χ2v) is 7.86. The third kappa shape index (κ3) is 8.58. The van der Waals surface area contributed by atoms with Gasteiger partial charge in [-0.25, -0.2) is 0 Å². The second kappa shape index (κ2) is 13.4. The number of hydrogen-bond acceptors (Lipinski definition) is 4. The number of piperidine rings is 1. The van der Waals surface area contributed by atoms with Gasteiger partial charge >= 0.3 is 6.18 Å². The maximum absolute atomic E-state index is 12.8. The zero-order valence-corrected chi connectivity index (χ0v) is 20.7. The Balaban J connectivity index is 0.00000363. The number of guanidine groups is 1. The molecule has 2 aliphatic heterocycles. The molecule has 0 aliphatic carbocycles. The summed E-state index contributed by atoms with van der Waals surface area (Å²) in [7, 11) is 1.72. The highest BCUT2D eigenvalue weighted by Crippen LogP contribution is 2.31. The maximum Gasteiger partial charge on any atom is 0.416 e. The lowest BCUT2D eigenvalue weighted by Gasteiger charge is -2.35. The molecule has 0 bridgehead atoms. The van der Waals surface area contributed by atoms with Crippen LogP contribution in [0.4, 0.5) is 13.2 Å². The van der Waals surface area contributed by atoms with E-state index in [1.807, 2.05) is 0 Å². The number of benzene rings is 1. The van der Waals surface area contributed by atoms with Crippen LogP contribution in [-0.2, 0) is 15.7 Å². The summed E-state index contributed by atoms with van der Waals surface area (Å²) in [6.07, 6.45) is 1.39. The van der Waals surface area contributed by atoms with E-state index in [1.165, 1.54) is 18.6 Å². The van der Waals surface area contributed by atoms with Crippen molar-refractivity contribution in [2.45, 2.75) is 50.5 Å². The van der Waals surface area contributed by atoms with E-state index in [4.69, 9.17) is 14.2 Å². The summed E-state index contributed by atoms with van der Waals surface area (Å²) in [6.45, 7) is 3.87. The van der Waals surface area contributed by atoms with Gasteiger partial charge in [0.05, 0.1) is 30.9 Å². The quantitative estimate of drug-likeness (QED) is 0.229. The fraction of sp³-hybridized carbons (Fsp3) is 0.682. The molecule has 32 heavy (non-hydrogen) atoms. The minimum absolute atomic E-state index is 0. The molecule has 0 saturated carbocycles. The highest BCUT2D eigenvalue weighted by atomic mass is 127. The summed E-state index contributed by atoms with van der Waals surface area (Å²) in [6, 6.07) is 4.91. The van der Waals surface area contributed by atoms with Crippen molar-refractivity contribution in [2.75, 3.05) is 46.5 Å². The van der Waals surface area contributed by atoms with Crippen molar-refractivity contribution in [3.05, 3.63) is 29.8 Å². The first kappa shape index (κ1) is 27.0. The van der Waals surface area contributed by atoms with Crippen molar-refractivity contribution >= 4 is 29.9 Å². The van der Waals surface area contributed by atoms with E-state index >= 15 is 0 Å². The molecule has 2 aliphatic rings. The summed E-state index contributed by atoms with van der Waals surface area (Å²) < 4.78 is 55.6. The number of ether oxygens (including phenoxy) is 3. The van der Waals surface area contributed by atoms with Crippen LogP contribution in [0.25, 0.3) is 0 Å². The van der Waals surface area contributed by atoms with Gasteiger partial charge in [-0.1, -0.05) is 6.07 Å². The Hall–Kier alpha value is -1.27. The Morgan fingerprint density at radius 1 is 1.22 bits per heavy atom. The normalized spacial score (nSPS) is 20.6. The van der Waals surface area contributed by atoms with Gasteiger partial charge in [-0.15, -0.1) is 24.0 Å². The molecule has 1 N–H and O–H groups in total. The highest BCUT2D eigenvalue weighted by molar-refractivity contribution is 14.0. The van der Waals surface area contributed by atoms with Crippen LogP contribution >= 0.6 is 24.0 Å². The molecular weight excluding hydrogens is 538 g/mol. The average Bonchev–Trinajstić information content (AvgIpc) is 2.79. The van der Waals surface area contributed by atoms with E-state index in [2.05, 4.69) is 15.2 Å². The molecule has 10 heteroatoms. The first-order valence-electron chi connectivity index (χ1n) is 10.9. The van der Waals surface area contributed by atoms with E-state index in [1.54, 1.807) is 7.05 Å². The molecule has 1 unspecified atom stereocenters. The van der Waals surface area contributed by atoms with E-state index < -0.39 is 11.7 Å². The Bertz CT molecular complexity index is 707. The lowest BCUT2D eigenvalue weighted by Crippen LogP contribution is -2.48. The Morgan fingerprint density at radius 2 is 2.00 bits per heavy atom. The van der Waals surface area contributed by atoms with Crippen molar-refractivity contribution in [3.63, 3.8) is 0 Å². The molecule has 1 atom stereocenters. The van der Waals surface area contributed by atoms with E-state index in [0.29, 0.717) is 13.2 Å². The third-order valence-electron chi connectivity index (χ3n) is 5.56. The Morgan fingerprint density at radius 3 is 2.66 bits per heavy atom. The van der Waals surface area contributed by atoms with Crippen LogP contribution in [0.1, 0.15) is 37.7 Å². The van der Waals surface area contributed by atoms with Gasteiger partial charge in [-0.3, -0.25) is 4.99 Å². The number of likely N-dealkylation sites (tertiary alicyclic amines) is 1. The molecule has 0 amide bonds. The van der Waals surface area contributed by atoms with Crippen LogP contribution in [0.2, 0.25) is 0 Å². The van der Waals surface area contributed by atoms with Gasteiger partial charge in [0.1, 0.15) is 12.4 Å². The van der Waals surface area contributed by atoms with Crippen LogP contribution in [0.15, 0.2) is 29.3 Å². The predicted molar refractivity (Wildman–Crippen MR) is 128 cm³/mol. The standard InChI is InChI=1S/C22H32F3N3O3.HI/c1-26-21(27-10-14-30-19-7-4-5-17(15-19)22(23,24)25)28-11-8-18(9-12-28)31-16-20-6-2-3-13-29-20;/h4-5,7,15,18,20H,2-3,6,8-14,16H2,1H3,(H,26,27);1H. The number of aliphatic imine (C=N–C) groups is 1. The number of nitrogens with zero attached hydrogens (tertiary/aromatic N) is 2. The number of nitrogens with one attached hydrogen (secondary N) is 1. The molecule has 3 rings (SSSR count). The van der Waals surface area contributed by atoms with Crippen molar-refractivity contribution in [1.82, 2.24) is 10.2 Å². The van der Waals surface area contributed by atoms with Gasteiger partial charge < -0.3 is 24.4 Å². The summed E-state index contributed by atoms with van der Waals surface area (Å²) >= 11 is 0. The van der Waals surface area contributed by atoms with Crippen molar-refractivity contribution in [1.29, 1.82) is 0 Å². The number of halogens is 4. The molecule has 0 aromatic heterocycles. The predicted octanol–water partition coefficient (Wildman–Crippen LogP) is 4.33. The first-order chi connectivity index (χ1) is 15.0. The first-order valence-corrected chi connectivity index (χ1v) is 10.9. The largest absolute Gasteiger partial charge is 0.492 e. The van der Waals surface area contributed by atoms with E-state index in [-0.39, 0.29) is 48.5 Å². The van der Waals surface area contributed by atoms with Crippen molar-refractivity contribution in [2.24, 2.45) is 4.99 Å². The van der Waals surface area contributed by atoms with Crippen LogP contribution in [-0.4, -0.2) is 69.6 Å². The summed E-state index contributed by atoms with van der Waals surface area (Å²) in [5.41, 5.74) is -0.714. The zero-order chi connectivity index (χ0) is 22.1. The van der Waals surface area contributed by atoms with Gasteiger partial charge in [-0.05, 0) is 50.3 Å². The van der Waals surface area contributed by atoms with Crippen LogP contribution in [0.5, 0.6) is 5.75 Å². The molecule has 1 aromatic carbocycles. The molecule has 0 radical (unpaired) electrons. The van der Waals surface area contributed by atoms with Crippen LogP contribution in [0.3, 0.4) is 0 Å². The van der Waals surface area contributed by atoms with Gasteiger partial charge in [-0.2, -0.15) is 13.2 Å². The SMILES string of the molecule is CN=C(NCCOc1cccc(C(F)(F)F)c1)N1CCC(OCC2CCCCO2)CC1.I. The number of rotatable bonds is 7. The molecule has 0 spiro atoms. The highest BCUT2D eigenvalue weighted by Gasteiger charge is 2.30. The lowest BCUT2D eigenvalue weighted by atomic mass is 10.1. The fourth-order valence-electron chi connectivity index (χ4n) is 3.84. The molecule has 2 saturated heterocycles. The van der Waals surface area contributed by atoms with Crippen molar-refractivity contribution < 1.29 is 27.4 Å². The molecule has 6 nitrogen and oxygen atoms in total. The van der Waals surface area contributed by atoms with Gasteiger partial charge in [0.15, 0.2) is 5.96 Å². The zero-order valence-electron chi connectivity index (χ0n) is 18.4. The molecule has 2 heterocycles. The molecule has 1 aromatic rings. The smallest absolute Gasteiger partial charge is 0.416 e. The van der Waals surface area contributed by atoms with Crippen molar-refractivity contribution in [3.8, 4) is 5.75 Å². The van der Waals surface area contributed by atoms with E-state index in [0.717, 1.165) is 63.5 Å². The number of alkyl halides is 3. The minimum atomic E-state index is -4.38. The lowest BCUT2D eigenvalue weighted by molar-refractivity contribution is -0.137. The minimum Gasteiger partial charge on any atom is -0.492 e. The molecule has 2 fully saturated rings. The monoisotopic (exact) mass is 571 g/mol. The van der Waals surface area contributed by atoms with Gasteiger partial charge in [0.25, 0.3) is 0 Å². The Labute approximate surface area is 204 Å². The topological polar surface area (TPSA) is 55.3 Å². The maximum atomic E-state index is 12.8. The third-order valence-corrected chi connectivity index (χ3v) is 5.56. The van der Waals surface area contributed by atoms with Gasteiger partial charge in [0, 0.05) is 26.7 Å². The molecular formula is C22H33F3IN3O3. The fourth-order valence-corrected chi connectivity index (χ4v) is 3.84. The summed E-state index contributed by atoms with van der Waals surface area (Å²) in [4.78, 5) is 6.48. The van der Waals surface area contributed by atoms with Crippen LogP contribution in [0, 0.1) is 0 Å². The van der Waals surface area contributed by atoms with Gasteiger partial charge in [0.2, 0.25) is 0 Å². The Kier molecular flexibility index (Phi) is 11.3. The van der Waals surface area contributed by atoms with E-state index in [9.17, 15) is 13.2 Å². The average molecular weight is 571 g/mol. The second-order valence-electron chi connectivity index (χ2n) is 7.86.